The van der Waals surface area contributed by atoms with Crippen LogP contribution in [-0.4, -0.2) is 48.4 Å². The smallest absolute Gasteiger partial charge is 0.409 e. The van der Waals surface area contributed by atoms with Crippen molar-refractivity contribution >= 4 is 18.0 Å². The number of fused-ring (bicyclic) bond motifs is 3. The van der Waals surface area contributed by atoms with Gasteiger partial charge in [-0.1, -0.05) is 48.5 Å². The second-order valence-corrected chi connectivity index (χ2v) is 7.97. The fraction of sp³-hybridized carbons (Fsp3) is 0.375. The number of benzene rings is 2. The number of amides is 2. The number of nitrogens with one attached hydrogen (secondary N) is 2. The van der Waals surface area contributed by atoms with Gasteiger partial charge in [-0.05, 0) is 35.1 Å². The number of ether oxygens (including phenoxy) is 1. The third-order valence-corrected chi connectivity index (χ3v) is 5.55. The minimum Gasteiger partial charge on any atom is -0.481 e. The van der Waals surface area contributed by atoms with Crippen molar-refractivity contribution in [3.05, 3.63) is 59.7 Å². The molecule has 0 aliphatic heterocycles. The molecule has 0 saturated carbocycles. The highest BCUT2D eigenvalue weighted by molar-refractivity contribution is 5.79. The van der Waals surface area contributed by atoms with E-state index < -0.39 is 36.6 Å². The van der Waals surface area contributed by atoms with Crippen molar-refractivity contribution in [1.29, 1.82) is 0 Å². The van der Waals surface area contributed by atoms with Crippen LogP contribution in [0.3, 0.4) is 0 Å². The first-order valence-corrected chi connectivity index (χ1v) is 10.8. The van der Waals surface area contributed by atoms with Crippen molar-refractivity contribution < 1.29 is 37.4 Å². The molecule has 0 fully saturated rings. The zero-order valence-electron chi connectivity index (χ0n) is 18.2. The average Bonchev–Trinajstić information content (AvgIpc) is 3.10. The molecule has 1 atom stereocenters. The first-order chi connectivity index (χ1) is 16.2. The number of unbranched alkanes of at least 4 members (excludes halogenated alkanes) is 1. The summed E-state index contributed by atoms with van der Waals surface area (Å²) in [6.45, 7) is 0.340. The predicted molar refractivity (Wildman–Crippen MR) is 117 cm³/mol. The van der Waals surface area contributed by atoms with Gasteiger partial charge in [-0.15, -0.1) is 0 Å². The van der Waals surface area contributed by atoms with Crippen molar-refractivity contribution in [2.75, 3.05) is 13.2 Å². The SMILES string of the molecule is O=C(O)CC(NC(=O)CCCCNC(=O)OCC1c2ccccc2-c2ccccc21)C(F)(F)F. The molecule has 0 radical (unpaired) electrons. The Morgan fingerprint density at radius 2 is 1.56 bits per heavy atom. The summed E-state index contributed by atoms with van der Waals surface area (Å²) in [6, 6.07) is 13.4. The minimum atomic E-state index is -4.85. The van der Waals surface area contributed by atoms with Gasteiger partial charge in [0.25, 0.3) is 0 Å². The molecule has 1 aliphatic carbocycles. The lowest BCUT2D eigenvalue weighted by Gasteiger charge is -2.19. The van der Waals surface area contributed by atoms with Crippen LogP contribution < -0.4 is 10.6 Å². The summed E-state index contributed by atoms with van der Waals surface area (Å²) in [4.78, 5) is 34.4. The topological polar surface area (TPSA) is 105 Å². The Morgan fingerprint density at radius 3 is 2.12 bits per heavy atom. The van der Waals surface area contributed by atoms with Crippen molar-refractivity contribution in [3.8, 4) is 11.1 Å². The molecule has 3 rings (SSSR count). The molecule has 0 bridgehead atoms. The quantitative estimate of drug-likeness (QED) is 0.444. The maximum absolute atomic E-state index is 12.8. The number of rotatable bonds is 10. The second-order valence-electron chi connectivity index (χ2n) is 7.97. The number of carboxylic acids is 1. The fourth-order valence-electron chi connectivity index (χ4n) is 3.94. The Morgan fingerprint density at radius 1 is 0.971 bits per heavy atom. The van der Waals surface area contributed by atoms with Crippen molar-refractivity contribution in [2.45, 2.75) is 43.8 Å². The summed E-state index contributed by atoms with van der Waals surface area (Å²) >= 11 is 0. The van der Waals surface area contributed by atoms with Crippen LogP contribution in [0.25, 0.3) is 11.1 Å². The maximum atomic E-state index is 12.8. The van der Waals surface area contributed by atoms with E-state index in [0.29, 0.717) is 6.42 Å². The van der Waals surface area contributed by atoms with Crippen LogP contribution in [-0.2, 0) is 14.3 Å². The van der Waals surface area contributed by atoms with Gasteiger partial charge >= 0.3 is 18.2 Å². The van der Waals surface area contributed by atoms with Crippen LogP contribution >= 0.6 is 0 Å². The lowest BCUT2D eigenvalue weighted by molar-refractivity contribution is -0.170. The zero-order valence-corrected chi connectivity index (χ0v) is 18.2. The Bertz CT molecular complexity index is 996. The largest absolute Gasteiger partial charge is 0.481 e. The molecule has 0 aromatic heterocycles. The van der Waals surface area contributed by atoms with E-state index in [9.17, 15) is 27.6 Å². The summed E-state index contributed by atoms with van der Waals surface area (Å²) in [5, 5.41) is 12.8. The van der Waals surface area contributed by atoms with Crippen LogP contribution in [0.15, 0.2) is 48.5 Å². The van der Waals surface area contributed by atoms with E-state index in [0.717, 1.165) is 22.3 Å². The van der Waals surface area contributed by atoms with E-state index in [1.54, 1.807) is 5.32 Å². The number of hydrogen-bond donors (Lipinski definition) is 3. The second kappa shape index (κ2) is 11.0. The summed E-state index contributed by atoms with van der Waals surface area (Å²) in [5.74, 6) is -2.63. The number of halogens is 3. The Balaban J connectivity index is 1.38. The fourth-order valence-corrected chi connectivity index (χ4v) is 3.94. The van der Waals surface area contributed by atoms with E-state index in [2.05, 4.69) is 5.32 Å². The Kier molecular flexibility index (Phi) is 8.14. The Labute approximate surface area is 194 Å². The highest BCUT2D eigenvalue weighted by Gasteiger charge is 2.41. The lowest BCUT2D eigenvalue weighted by atomic mass is 9.98. The van der Waals surface area contributed by atoms with Gasteiger partial charge in [-0.2, -0.15) is 13.2 Å². The van der Waals surface area contributed by atoms with Gasteiger partial charge in [0, 0.05) is 18.9 Å². The summed E-state index contributed by atoms with van der Waals surface area (Å²) in [5.41, 5.74) is 4.40. The van der Waals surface area contributed by atoms with Crippen LogP contribution in [0.5, 0.6) is 0 Å². The average molecular weight is 478 g/mol. The van der Waals surface area contributed by atoms with Crippen molar-refractivity contribution in [2.24, 2.45) is 0 Å². The predicted octanol–water partition coefficient (Wildman–Crippen LogP) is 4.22. The third kappa shape index (κ3) is 6.49. The van der Waals surface area contributed by atoms with Gasteiger partial charge < -0.3 is 20.5 Å². The van der Waals surface area contributed by atoms with Crippen LogP contribution in [0.4, 0.5) is 18.0 Å². The first-order valence-electron chi connectivity index (χ1n) is 10.8. The maximum Gasteiger partial charge on any atom is 0.409 e. The zero-order chi connectivity index (χ0) is 24.7. The molecule has 0 saturated heterocycles. The van der Waals surface area contributed by atoms with Crippen LogP contribution in [0.1, 0.15) is 42.7 Å². The molecular weight excluding hydrogens is 453 g/mol. The van der Waals surface area contributed by atoms with Crippen molar-refractivity contribution in [1.82, 2.24) is 10.6 Å². The summed E-state index contributed by atoms with van der Waals surface area (Å²) < 4.78 is 43.7. The van der Waals surface area contributed by atoms with Crippen molar-refractivity contribution in [3.63, 3.8) is 0 Å². The normalized spacial score (nSPS) is 13.5. The number of carbonyl (C=O) groups excluding carboxylic acids is 2. The minimum absolute atomic E-state index is 0.0748. The molecular formula is C24H25F3N2O5. The third-order valence-electron chi connectivity index (χ3n) is 5.55. The standard InChI is InChI=1S/C24H25F3N2O5/c25-24(26,27)20(13-22(31)32)29-21(30)11-5-6-12-28-23(33)34-14-19-17-9-3-1-7-15(17)16-8-2-4-10-18(16)19/h1-4,7-10,19-20H,5-6,11-14H2,(H,28,33)(H,29,30)(H,31,32). The monoisotopic (exact) mass is 478 g/mol. The highest BCUT2D eigenvalue weighted by Crippen LogP contribution is 2.44. The molecule has 34 heavy (non-hydrogen) atoms. The molecule has 7 nitrogen and oxygen atoms in total. The van der Waals surface area contributed by atoms with E-state index >= 15 is 0 Å². The van der Waals surface area contributed by atoms with E-state index in [1.165, 1.54) is 0 Å². The lowest BCUT2D eigenvalue weighted by Crippen LogP contribution is -2.46. The highest BCUT2D eigenvalue weighted by atomic mass is 19.4. The molecule has 1 unspecified atom stereocenters. The van der Waals surface area contributed by atoms with Gasteiger partial charge in [-0.25, -0.2) is 4.79 Å². The van der Waals surface area contributed by atoms with Gasteiger partial charge in [0.2, 0.25) is 5.91 Å². The number of carboxylic acid groups (broad SMARTS) is 1. The first kappa shape index (κ1) is 25.1. The van der Waals surface area contributed by atoms with Gasteiger partial charge in [0.05, 0.1) is 6.42 Å². The molecule has 182 valence electrons. The number of alkyl carbamates (subject to hydrolysis) is 1. The molecule has 0 heterocycles. The summed E-state index contributed by atoms with van der Waals surface area (Å²) in [7, 11) is 0. The van der Waals surface area contributed by atoms with Crippen LogP contribution in [0.2, 0.25) is 0 Å². The van der Waals surface area contributed by atoms with Gasteiger partial charge in [-0.3, -0.25) is 9.59 Å². The van der Waals surface area contributed by atoms with E-state index in [-0.39, 0.29) is 31.9 Å². The van der Waals surface area contributed by atoms with Crippen LogP contribution in [0, 0.1) is 0 Å². The molecule has 2 aromatic rings. The molecule has 2 aromatic carbocycles. The van der Waals surface area contributed by atoms with Gasteiger partial charge in [0.1, 0.15) is 12.6 Å². The molecule has 10 heteroatoms. The number of hydrogen-bond acceptors (Lipinski definition) is 4. The van der Waals surface area contributed by atoms with E-state index in [4.69, 9.17) is 9.84 Å². The van der Waals surface area contributed by atoms with E-state index in [1.807, 2.05) is 48.5 Å². The van der Waals surface area contributed by atoms with Gasteiger partial charge in [0.15, 0.2) is 0 Å². The molecule has 2 amide bonds. The number of carbonyl (C=O) groups is 3. The molecule has 0 spiro atoms. The Hall–Kier alpha value is -3.56. The molecule has 1 aliphatic rings. The number of aliphatic carboxylic acids is 1. The molecule has 3 N–H and O–H groups in total. The number of alkyl halides is 3. The summed E-state index contributed by atoms with van der Waals surface area (Å²) in [6.07, 6.45) is -6.37.